The van der Waals surface area contributed by atoms with E-state index in [0.29, 0.717) is 33.2 Å². The lowest BCUT2D eigenvalue weighted by Gasteiger charge is -2.07. The van der Waals surface area contributed by atoms with E-state index in [-0.39, 0.29) is 24.2 Å². The summed E-state index contributed by atoms with van der Waals surface area (Å²) in [4.78, 5) is 25.7. The molecular weight excluding hydrogens is 460 g/mol. The summed E-state index contributed by atoms with van der Waals surface area (Å²) in [5.41, 5.74) is 3.65. The van der Waals surface area contributed by atoms with Crippen LogP contribution in [-0.4, -0.2) is 18.4 Å². The molecule has 0 fully saturated rings. The molecule has 0 saturated heterocycles. The number of ketones is 1. The first-order valence-corrected chi connectivity index (χ1v) is 11.8. The molecule has 176 valence electrons. The minimum absolute atomic E-state index is 0.0362. The van der Waals surface area contributed by atoms with Crippen molar-refractivity contribution in [3.05, 3.63) is 91.7 Å². The van der Waals surface area contributed by atoms with Gasteiger partial charge in [0.1, 0.15) is 29.4 Å². The number of esters is 1. The third-order valence-corrected chi connectivity index (χ3v) is 6.52. The number of allylic oxidation sites excluding steroid dienone is 1. The number of Topliss-reactive ketones (excluding diaryl/α,β-unsaturated/α-hetero) is 1. The zero-order chi connectivity index (χ0) is 25.4. The zero-order valence-electron chi connectivity index (χ0n) is 19.8. The van der Waals surface area contributed by atoms with Gasteiger partial charge in [-0.1, -0.05) is 42.0 Å². The van der Waals surface area contributed by atoms with Gasteiger partial charge >= 0.3 is 5.97 Å². The van der Waals surface area contributed by atoms with E-state index in [4.69, 9.17) is 9.47 Å². The van der Waals surface area contributed by atoms with Crippen molar-refractivity contribution < 1.29 is 19.1 Å². The van der Waals surface area contributed by atoms with Crippen LogP contribution in [0.3, 0.4) is 0 Å². The van der Waals surface area contributed by atoms with E-state index in [2.05, 4.69) is 6.07 Å². The Morgan fingerprint density at radius 2 is 1.71 bits per heavy atom. The van der Waals surface area contributed by atoms with E-state index in [1.165, 1.54) is 11.6 Å². The summed E-state index contributed by atoms with van der Waals surface area (Å²) in [6, 6.07) is 19.2. The molecule has 0 unspecified atom stereocenters. The monoisotopic (exact) mass is 484 g/mol. The summed E-state index contributed by atoms with van der Waals surface area (Å²) in [6.45, 7) is 6.03. The number of carbonyl (C=O) groups excluding carboxylic acids is 2. The molecule has 0 spiro atoms. The maximum Gasteiger partial charge on any atom is 0.348 e. The largest absolute Gasteiger partial charge is 0.489 e. The maximum absolute atomic E-state index is 12.8. The van der Waals surface area contributed by atoms with Crippen LogP contribution in [-0.2, 0) is 22.6 Å². The van der Waals surface area contributed by atoms with Crippen molar-refractivity contribution in [3.63, 3.8) is 0 Å². The molecule has 0 aliphatic carbocycles. The Kier molecular flexibility index (Phi) is 8.56. The molecule has 0 aliphatic rings. The Hall–Kier alpha value is -4.20. The van der Waals surface area contributed by atoms with Crippen molar-refractivity contribution in [3.8, 4) is 17.9 Å². The van der Waals surface area contributed by atoms with Crippen LogP contribution in [0.15, 0.2) is 54.1 Å². The lowest BCUT2D eigenvalue weighted by Crippen LogP contribution is -2.05. The number of ether oxygens (including phenoxy) is 2. The predicted octanol–water partition coefficient (Wildman–Crippen LogP) is 5.71. The first kappa shape index (κ1) is 25.4. The zero-order valence-corrected chi connectivity index (χ0v) is 20.6. The lowest BCUT2D eigenvalue weighted by molar-refractivity contribution is -0.114. The van der Waals surface area contributed by atoms with Crippen LogP contribution in [0.2, 0.25) is 0 Å². The molecule has 0 saturated carbocycles. The van der Waals surface area contributed by atoms with E-state index in [0.717, 1.165) is 16.9 Å². The van der Waals surface area contributed by atoms with E-state index < -0.39 is 11.8 Å². The van der Waals surface area contributed by atoms with Crippen LogP contribution >= 0.6 is 11.3 Å². The van der Waals surface area contributed by atoms with Crippen molar-refractivity contribution in [1.82, 2.24) is 0 Å². The molecule has 1 aromatic heterocycles. The molecule has 0 N–H and O–H groups in total. The summed E-state index contributed by atoms with van der Waals surface area (Å²) >= 11 is 1.06. The van der Waals surface area contributed by atoms with Gasteiger partial charge in [-0.15, -0.1) is 11.3 Å². The number of nitriles is 2. The van der Waals surface area contributed by atoms with E-state index in [1.807, 2.05) is 37.3 Å². The molecule has 3 aromatic rings. The molecule has 0 radical (unpaired) electrons. The molecule has 0 aliphatic heterocycles. The Labute approximate surface area is 208 Å². The SMILES string of the molecule is CCOC(=O)c1sc(CC(=O)/C(C#N)=C/c2ccc(OCc3ccc(C)cc3)cc2)c(C#N)c1C. The number of nitrogens with zero attached hydrogens (tertiary/aromatic N) is 2. The van der Waals surface area contributed by atoms with E-state index >= 15 is 0 Å². The molecule has 0 atom stereocenters. The van der Waals surface area contributed by atoms with Crippen molar-refractivity contribution in [2.75, 3.05) is 6.61 Å². The lowest BCUT2D eigenvalue weighted by atomic mass is 10.0. The topological polar surface area (TPSA) is 100 Å². The fraction of sp³-hybridized carbons (Fsp3) is 0.214. The number of thiophene rings is 1. The fourth-order valence-electron chi connectivity index (χ4n) is 3.33. The molecule has 6 nitrogen and oxygen atoms in total. The molecule has 0 amide bonds. The molecule has 2 aromatic carbocycles. The van der Waals surface area contributed by atoms with Crippen LogP contribution < -0.4 is 4.74 Å². The van der Waals surface area contributed by atoms with Gasteiger partial charge in [-0.05, 0) is 55.7 Å². The Balaban J connectivity index is 1.71. The number of hydrogen-bond acceptors (Lipinski definition) is 7. The highest BCUT2D eigenvalue weighted by molar-refractivity contribution is 7.14. The first-order valence-electron chi connectivity index (χ1n) is 11.0. The Morgan fingerprint density at radius 1 is 1.03 bits per heavy atom. The highest BCUT2D eigenvalue weighted by Gasteiger charge is 2.23. The normalized spacial score (nSPS) is 10.8. The average Bonchev–Trinajstić information content (AvgIpc) is 3.17. The highest BCUT2D eigenvalue weighted by atomic mass is 32.1. The first-order chi connectivity index (χ1) is 16.9. The van der Waals surface area contributed by atoms with Gasteiger partial charge in [0.2, 0.25) is 0 Å². The molecular formula is C28H24N2O4S. The third kappa shape index (κ3) is 6.44. The Morgan fingerprint density at radius 3 is 2.31 bits per heavy atom. The predicted molar refractivity (Wildman–Crippen MR) is 134 cm³/mol. The van der Waals surface area contributed by atoms with Gasteiger partial charge in [0.15, 0.2) is 5.78 Å². The summed E-state index contributed by atoms with van der Waals surface area (Å²) in [5.74, 6) is -0.280. The van der Waals surface area contributed by atoms with Crippen molar-refractivity contribution in [2.45, 2.75) is 33.8 Å². The number of hydrogen-bond donors (Lipinski definition) is 0. The van der Waals surface area contributed by atoms with Crippen LogP contribution in [0, 0.1) is 36.5 Å². The molecule has 0 bridgehead atoms. The van der Waals surface area contributed by atoms with Crippen molar-refractivity contribution in [2.24, 2.45) is 0 Å². The fourth-order valence-corrected chi connectivity index (χ4v) is 4.48. The number of benzene rings is 2. The van der Waals surface area contributed by atoms with Gasteiger partial charge in [-0.25, -0.2) is 4.79 Å². The molecule has 3 rings (SSSR count). The smallest absolute Gasteiger partial charge is 0.348 e. The van der Waals surface area contributed by atoms with Gasteiger partial charge in [0.05, 0.1) is 17.7 Å². The minimum atomic E-state index is -0.522. The number of rotatable bonds is 9. The quantitative estimate of drug-likeness (QED) is 0.219. The van der Waals surface area contributed by atoms with Crippen LogP contribution in [0.4, 0.5) is 0 Å². The summed E-state index contributed by atoms with van der Waals surface area (Å²) in [5, 5.41) is 19.1. The van der Waals surface area contributed by atoms with Gasteiger partial charge in [-0.2, -0.15) is 10.5 Å². The maximum atomic E-state index is 12.8. The van der Waals surface area contributed by atoms with Gasteiger partial charge in [0, 0.05) is 11.3 Å². The van der Waals surface area contributed by atoms with Crippen LogP contribution in [0.5, 0.6) is 5.75 Å². The average molecular weight is 485 g/mol. The summed E-state index contributed by atoms with van der Waals surface area (Å²) < 4.78 is 10.8. The van der Waals surface area contributed by atoms with Crippen molar-refractivity contribution in [1.29, 1.82) is 10.5 Å². The van der Waals surface area contributed by atoms with Gasteiger partial charge < -0.3 is 9.47 Å². The number of carbonyl (C=O) groups is 2. The second-order valence-electron chi connectivity index (χ2n) is 7.80. The summed E-state index contributed by atoms with van der Waals surface area (Å²) in [6.07, 6.45) is 1.36. The van der Waals surface area contributed by atoms with Crippen LogP contribution in [0.1, 0.15) is 49.3 Å². The molecule has 7 heteroatoms. The second kappa shape index (κ2) is 11.8. The third-order valence-electron chi connectivity index (χ3n) is 5.25. The van der Waals surface area contributed by atoms with Gasteiger partial charge in [-0.3, -0.25) is 4.79 Å². The van der Waals surface area contributed by atoms with Crippen LogP contribution in [0.25, 0.3) is 6.08 Å². The van der Waals surface area contributed by atoms with Gasteiger partial charge in [0.25, 0.3) is 0 Å². The summed E-state index contributed by atoms with van der Waals surface area (Å²) in [7, 11) is 0. The molecule has 1 heterocycles. The Bertz CT molecular complexity index is 1340. The standard InChI is InChI=1S/C28H24N2O4S/c1-4-33-28(32)27-19(3)24(16-30)26(35-27)14-25(31)22(15-29)13-20-9-11-23(12-10-20)34-17-21-7-5-18(2)6-8-21/h5-13H,4,14,17H2,1-3H3/b22-13+. The molecule has 35 heavy (non-hydrogen) atoms. The van der Waals surface area contributed by atoms with E-state index in [9.17, 15) is 20.1 Å². The highest BCUT2D eigenvalue weighted by Crippen LogP contribution is 2.29. The number of aryl methyl sites for hydroxylation is 1. The van der Waals surface area contributed by atoms with Crippen molar-refractivity contribution >= 4 is 29.2 Å². The van der Waals surface area contributed by atoms with E-state index in [1.54, 1.807) is 38.1 Å². The second-order valence-corrected chi connectivity index (χ2v) is 8.90. The minimum Gasteiger partial charge on any atom is -0.489 e.